The second-order valence-corrected chi connectivity index (χ2v) is 6.02. The van der Waals surface area contributed by atoms with E-state index in [1.807, 2.05) is 16.7 Å². The lowest BCUT2D eigenvalue weighted by atomic mass is 10.1. The summed E-state index contributed by atoms with van der Waals surface area (Å²) in [4.78, 5) is 25.7. The Bertz CT molecular complexity index is 1020. The number of nitrogens with zero attached hydrogens (tertiary/aromatic N) is 1. The summed E-state index contributed by atoms with van der Waals surface area (Å²) in [5, 5.41) is 2.32. The van der Waals surface area contributed by atoms with Crippen molar-refractivity contribution in [3.05, 3.63) is 39.0 Å². The number of ether oxygens (including phenoxy) is 3. The fourth-order valence-corrected chi connectivity index (χ4v) is 3.82. The van der Waals surface area contributed by atoms with Crippen molar-refractivity contribution in [2.24, 2.45) is 0 Å². The fourth-order valence-electron chi connectivity index (χ4n) is 2.79. The minimum absolute atomic E-state index is 0.0660. The zero-order chi connectivity index (χ0) is 16.1. The first-order chi connectivity index (χ1) is 11.1. The van der Waals surface area contributed by atoms with Crippen molar-refractivity contribution >= 4 is 33.0 Å². The van der Waals surface area contributed by atoms with Gasteiger partial charge in [0.05, 0.1) is 17.5 Å². The summed E-state index contributed by atoms with van der Waals surface area (Å²) in [5.74, 6) is 0.508. The number of carbonyl (C=O) groups excluding carboxylic acids is 1. The average Bonchev–Trinajstić information content (AvgIpc) is 3.12. The largest absolute Gasteiger partial charge is 0.462 e. The van der Waals surface area contributed by atoms with Crippen LogP contribution in [0.4, 0.5) is 0 Å². The molecule has 0 saturated heterocycles. The zero-order valence-electron chi connectivity index (χ0n) is 12.5. The van der Waals surface area contributed by atoms with Gasteiger partial charge in [0.1, 0.15) is 10.4 Å². The van der Waals surface area contributed by atoms with E-state index in [1.54, 1.807) is 19.1 Å². The van der Waals surface area contributed by atoms with Crippen LogP contribution in [0.3, 0.4) is 0 Å². The van der Waals surface area contributed by atoms with E-state index in [2.05, 4.69) is 0 Å². The molecule has 3 aromatic rings. The van der Waals surface area contributed by atoms with Crippen LogP contribution < -0.4 is 14.9 Å². The minimum Gasteiger partial charge on any atom is -0.462 e. The second-order valence-electron chi connectivity index (χ2n) is 5.16. The summed E-state index contributed by atoms with van der Waals surface area (Å²) in [5.41, 5.74) is 1.34. The molecule has 7 heteroatoms. The van der Waals surface area contributed by atoms with Gasteiger partial charge in [-0.2, -0.15) is 0 Å². The molecule has 118 valence electrons. The van der Waals surface area contributed by atoms with Crippen LogP contribution in [0.2, 0.25) is 0 Å². The molecule has 4 rings (SSSR count). The third-order valence-corrected chi connectivity index (χ3v) is 4.86. The van der Waals surface area contributed by atoms with Crippen molar-refractivity contribution in [2.75, 3.05) is 13.4 Å². The van der Waals surface area contributed by atoms with Crippen LogP contribution in [-0.2, 0) is 4.74 Å². The number of hydrogen-bond donors (Lipinski definition) is 0. The molecule has 0 aliphatic carbocycles. The van der Waals surface area contributed by atoms with Gasteiger partial charge in [0.2, 0.25) is 12.2 Å². The second kappa shape index (κ2) is 4.99. The first kappa shape index (κ1) is 14.1. The Morgan fingerprint density at radius 1 is 1.35 bits per heavy atom. The molecule has 1 aliphatic heterocycles. The smallest absolute Gasteiger partial charge is 0.345 e. The Morgan fingerprint density at radius 2 is 2.09 bits per heavy atom. The van der Waals surface area contributed by atoms with Crippen LogP contribution in [0.15, 0.2) is 22.3 Å². The summed E-state index contributed by atoms with van der Waals surface area (Å²) in [6, 6.07) is 3.41. The van der Waals surface area contributed by atoms with Crippen molar-refractivity contribution in [2.45, 2.75) is 13.8 Å². The van der Waals surface area contributed by atoms with Crippen LogP contribution in [0, 0.1) is 6.92 Å². The number of rotatable bonds is 2. The first-order valence-electron chi connectivity index (χ1n) is 7.15. The highest BCUT2D eigenvalue weighted by molar-refractivity contribution is 7.16. The van der Waals surface area contributed by atoms with Gasteiger partial charge in [-0.3, -0.25) is 4.79 Å². The van der Waals surface area contributed by atoms with Crippen molar-refractivity contribution in [3.8, 4) is 11.5 Å². The molecule has 23 heavy (non-hydrogen) atoms. The predicted octanol–water partition coefficient (Wildman–Crippen LogP) is 2.73. The van der Waals surface area contributed by atoms with Crippen molar-refractivity contribution in [3.63, 3.8) is 0 Å². The number of hydrogen-bond acceptors (Lipinski definition) is 6. The van der Waals surface area contributed by atoms with Crippen molar-refractivity contribution in [1.82, 2.24) is 4.40 Å². The SMILES string of the molecule is CCOC(=O)c1c(=O)c2cc3c(cc2n2c(C)csc12)OCO3. The summed E-state index contributed by atoms with van der Waals surface area (Å²) < 4.78 is 17.7. The summed E-state index contributed by atoms with van der Waals surface area (Å²) in [7, 11) is 0. The normalized spacial score (nSPS) is 13.0. The quantitative estimate of drug-likeness (QED) is 0.676. The number of pyridine rings is 1. The minimum atomic E-state index is -0.601. The van der Waals surface area contributed by atoms with E-state index in [0.717, 1.165) is 5.69 Å². The van der Waals surface area contributed by atoms with E-state index in [1.165, 1.54) is 11.3 Å². The van der Waals surface area contributed by atoms with Crippen LogP contribution >= 0.6 is 11.3 Å². The molecule has 1 aliphatic rings. The van der Waals surface area contributed by atoms with Crippen LogP contribution in [0.25, 0.3) is 15.7 Å². The molecule has 2 aromatic heterocycles. The van der Waals surface area contributed by atoms with E-state index in [4.69, 9.17) is 14.2 Å². The van der Waals surface area contributed by atoms with Gasteiger partial charge in [0, 0.05) is 17.1 Å². The van der Waals surface area contributed by atoms with Gasteiger partial charge in [0.25, 0.3) is 0 Å². The number of benzene rings is 1. The molecule has 0 saturated carbocycles. The van der Waals surface area contributed by atoms with Crippen molar-refractivity contribution in [1.29, 1.82) is 0 Å². The lowest BCUT2D eigenvalue weighted by Gasteiger charge is -2.09. The van der Waals surface area contributed by atoms with E-state index < -0.39 is 5.97 Å². The van der Waals surface area contributed by atoms with Crippen molar-refractivity contribution < 1.29 is 19.0 Å². The lowest BCUT2D eigenvalue weighted by molar-refractivity contribution is 0.0527. The molecule has 0 amide bonds. The van der Waals surface area contributed by atoms with Gasteiger partial charge >= 0.3 is 5.97 Å². The van der Waals surface area contributed by atoms with E-state index in [9.17, 15) is 9.59 Å². The highest BCUT2D eigenvalue weighted by atomic mass is 32.1. The zero-order valence-corrected chi connectivity index (χ0v) is 13.4. The Morgan fingerprint density at radius 3 is 2.83 bits per heavy atom. The first-order valence-corrected chi connectivity index (χ1v) is 8.03. The van der Waals surface area contributed by atoms with Crippen LogP contribution in [0.1, 0.15) is 23.0 Å². The third-order valence-electron chi connectivity index (χ3n) is 3.79. The molecule has 0 spiro atoms. The summed E-state index contributed by atoms with van der Waals surface area (Å²) >= 11 is 1.35. The molecule has 0 bridgehead atoms. The molecule has 0 fully saturated rings. The number of aromatic nitrogens is 1. The highest BCUT2D eigenvalue weighted by Crippen LogP contribution is 2.36. The summed E-state index contributed by atoms with van der Waals surface area (Å²) in [6.45, 7) is 3.98. The summed E-state index contributed by atoms with van der Waals surface area (Å²) in [6.07, 6.45) is 0. The monoisotopic (exact) mass is 331 g/mol. The Hall–Kier alpha value is -2.54. The molecular weight excluding hydrogens is 318 g/mol. The lowest BCUT2D eigenvalue weighted by Crippen LogP contribution is -2.19. The van der Waals surface area contributed by atoms with Gasteiger partial charge in [0.15, 0.2) is 11.5 Å². The molecule has 0 radical (unpaired) electrons. The predicted molar refractivity (Wildman–Crippen MR) is 85.9 cm³/mol. The molecular formula is C16H13NO5S. The molecule has 0 N–H and O–H groups in total. The Balaban J connectivity index is 2.18. The van der Waals surface area contributed by atoms with Gasteiger partial charge in [-0.15, -0.1) is 11.3 Å². The number of carbonyl (C=O) groups is 1. The maximum Gasteiger partial charge on any atom is 0.345 e. The average molecular weight is 331 g/mol. The highest BCUT2D eigenvalue weighted by Gasteiger charge is 2.24. The van der Waals surface area contributed by atoms with Crippen LogP contribution in [0.5, 0.6) is 11.5 Å². The maximum atomic E-state index is 12.9. The number of aryl methyl sites for hydroxylation is 1. The third kappa shape index (κ3) is 1.93. The maximum absolute atomic E-state index is 12.9. The molecule has 1 aromatic carbocycles. The van der Waals surface area contributed by atoms with Gasteiger partial charge in [-0.05, 0) is 19.9 Å². The van der Waals surface area contributed by atoms with E-state index in [-0.39, 0.29) is 24.4 Å². The number of esters is 1. The van der Waals surface area contributed by atoms with E-state index in [0.29, 0.717) is 27.2 Å². The Kier molecular flexibility index (Phi) is 3.05. The standard InChI is InChI=1S/C16H13NO5S/c1-3-20-16(19)13-14(18)9-4-11-12(22-7-21-11)5-10(9)17-8(2)6-23-15(13)17/h4-6H,3,7H2,1-2H3. The van der Waals surface area contributed by atoms with Gasteiger partial charge in [-0.25, -0.2) is 4.79 Å². The molecule has 3 heterocycles. The molecule has 0 unspecified atom stereocenters. The van der Waals surface area contributed by atoms with Crippen LogP contribution in [-0.4, -0.2) is 23.8 Å². The molecule has 6 nitrogen and oxygen atoms in total. The van der Waals surface area contributed by atoms with Gasteiger partial charge < -0.3 is 18.6 Å². The Labute approximate surface area is 134 Å². The topological polar surface area (TPSA) is 66.2 Å². The van der Waals surface area contributed by atoms with Gasteiger partial charge in [-0.1, -0.05) is 0 Å². The number of thiazole rings is 1. The van der Waals surface area contributed by atoms with E-state index >= 15 is 0 Å². The molecule has 0 atom stereocenters. The number of fused-ring (bicyclic) bond motifs is 4. The fraction of sp³-hybridized carbons (Fsp3) is 0.250.